The Labute approximate surface area is 124 Å². The lowest BCUT2D eigenvalue weighted by molar-refractivity contribution is 0.0624. The number of aromatic nitrogens is 1. The number of benzene rings is 1. The van der Waals surface area contributed by atoms with Gasteiger partial charge in [0.15, 0.2) is 0 Å². The number of carbonyl (C=O) groups excluding carboxylic acids is 1. The highest BCUT2D eigenvalue weighted by atomic mass is 16.3. The smallest absolute Gasteiger partial charge is 0.256 e. The maximum atomic E-state index is 12.8. The molecule has 0 bridgehead atoms. The van der Waals surface area contributed by atoms with Crippen LogP contribution >= 0.6 is 0 Å². The van der Waals surface area contributed by atoms with Gasteiger partial charge in [0, 0.05) is 35.4 Å². The van der Waals surface area contributed by atoms with Gasteiger partial charge in [-0.3, -0.25) is 4.79 Å². The molecule has 2 aromatic rings. The van der Waals surface area contributed by atoms with E-state index in [1.165, 1.54) is 0 Å². The Morgan fingerprint density at radius 3 is 2.71 bits per heavy atom. The molecule has 5 heteroatoms. The number of amides is 1. The van der Waals surface area contributed by atoms with Crippen LogP contribution < -0.4 is 5.73 Å². The molecule has 21 heavy (non-hydrogen) atoms. The number of anilines is 1. The fourth-order valence-corrected chi connectivity index (χ4v) is 2.76. The number of carbonyl (C=O) groups is 1. The molecule has 0 unspecified atom stereocenters. The summed E-state index contributed by atoms with van der Waals surface area (Å²) in [5, 5.41) is 10.1. The molecule has 0 saturated heterocycles. The van der Waals surface area contributed by atoms with Crippen molar-refractivity contribution in [3.8, 4) is 0 Å². The van der Waals surface area contributed by atoms with E-state index in [1.54, 1.807) is 17.2 Å². The zero-order valence-corrected chi connectivity index (χ0v) is 12.6. The molecule has 0 aliphatic heterocycles. The van der Waals surface area contributed by atoms with Crippen LogP contribution in [-0.4, -0.2) is 40.1 Å². The first-order valence-electron chi connectivity index (χ1n) is 7.40. The number of hydrogen-bond donors (Lipinski definition) is 3. The van der Waals surface area contributed by atoms with Crippen molar-refractivity contribution in [2.75, 3.05) is 18.9 Å². The largest absolute Gasteiger partial charge is 0.399 e. The van der Waals surface area contributed by atoms with Crippen LogP contribution in [0, 0.1) is 0 Å². The third kappa shape index (κ3) is 3.03. The Kier molecular flexibility index (Phi) is 4.85. The minimum Gasteiger partial charge on any atom is -0.399 e. The fraction of sp³-hybridized carbons (Fsp3) is 0.438. The van der Waals surface area contributed by atoms with Crippen molar-refractivity contribution in [3.05, 3.63) is 30.0 Å². The Hall–Kier alpha value is -2.01. The minimum absolute atomic E-state index is 0.0350. The van der Waals surface area contributed by atoms with Crippen LogP contribution in [0.3, 0.4) is 0 Å². The van der Waals surface area contributed by atoms with Crippen molar-refractivity contribution in [2.45, 2.75) is 32.7 Å². The van der Waals surface area contributed by atoms with Crippen LogP contribution in [0.1, 0.15) is 37.0 Å². The van der Waals surface area contributed by atoms with E-state index >= 15 is 0 Å². The SMILES string of the molecule is CCC(CC)N(CCO)C(=O)c1c[nH]c2ccc(N)cc12. The molecular weight excluding hydrogens is 266 g/mol. The van der Waals surface area contributed by atoms with E-state index < -0.39 is 0 Å². The number of nitrogen functional groups attached to an aromatic ring is 1. The zero-order chi connectivity index (χ0) is 15.4. The number of H-pyrrole nitrogens is 1. The molecule has 0 saturated carbocycles. The Morgan fingerprint density at radius 2 is 2.10 bits per heavy atom. The molecule has 1 amide bonds. The molecule has 0 spiro atoms. The predicted octanol–water partition coefficient (Wildman–Crippen LogP) is 2.37. The number of nitrogens with one attached hydrogen (secondary N) is 1. The van der Waals surface area contributed by atoms with Gasteiger partial charge in [0.25, 0.3) is 5.91 Å². The van der Waals surface area contributed by atoms with E-state index in [1.807, 2.05) is 12.1 Å². The van der Waals surface area contributed by atoms with E-state index in [0.717, 1.165) is 23.7 Å². The monoisotopic (exact) mass is 289 g/mol. The number of fused-ring (bicyclic) bond motifs is 1. The van der Waals surface area contributed by atoms with E-state index in [2.05, 4.69) is 18.8 Å². The molecular formula is C16H23N3O2. The number of nitrogens with zero attached hydrogens (tertiary/aromatic N) is 1. The summed E-state index contributed by atoms with van der Waals surface area (Å²) in [6.45, 7) is 4.42. The number of nitrogens with two attached hydrogens (primary N) is 1. The summed E-state index contributed by atoms with van der Waals surface area (Å²) in [7, 11) is 0. The van der Waals surface area contributed by atoms with Gasteiger partial charge in [-0.05, 0) is 31.0 Å². The van der Waals surface area contributed by atoms with E-state index in [-0.39, 0.29) is 18.6 Å². The van der Waals surface area contributed by atoms with Crippen LogP contribution in [0.25, 0.3) is 10.9 Å². The molecule has 114 valence electrons. The van der Waals surface area contributed by atoms with Gasteiger partial charge in [-0.2, -0.15) is 0 Å². The highest BCUT2D eigenvalue weighted by Crippen LogP contribution is 2.23. The van der Waals surface area contributed by atoms with Crippen LogP contribution in [0.4, 0.5) is 5.69 Å². The molecule has 0 aliphatic carbocycles. The van der Waals surface area contributed by atoms with Crippen molar-refractivity contribution in [3.63, 3.8) is 0 Å². The number of aromatic amines is 1. The topological polar surface area (TPSA) is 82.3 Å². The van der Waals surface area contributed by atoms with Crippen LogP contribution in [0.2, 0.25) is 0 Å². The summed E-state index contributed by atoms with van der Waals surface area (Å²) < 4.78 is 0. The lowest BCUT2D eigenvalue weighted by Gasteiger charge is -2.30. The summed E-state index contributed by atoms with van der Waals surface area (Å²) in [4.78, 5) is 17.7. The summed E-state index contributed by atoms with van der Waals surface area (Å²) in [5.74, 6) is -0.0606. The normalized spacial score (nSPS) is 11.2. The first-order chi connectivity index (χ1) is 10.1. The maximum absolute atomic E-state index is 12.8. The molecule has 4 N–H and O–H groups in total. The van der Waals surface area contributed by atoms with Crippen molar-refractivity contribution >= 4 is 22.5 Å². The van der Waals surface area contributed by atoms with E-state index in [0.29, 0.717) is 17.8 Å². The molecule has 1 aromatic carbocycles. The summed E-state index contributed by atoms with van der Waals surface area (Å²) in [6, 6.07) is 5.62. The lowest BCUT2D eigenvalue weighted by Crippen LogP contribution is -2.41. The van der Waals surface area contributed by atoms with Crippen LogP contribution in [-0.2, 0) is 0 Å². The number of aliphatic hydroxyl groups is 1. The molecule has 0 atom stereocenters. The number of aliphatic hydroxyl groups excluding tert-OH is 1. The average molecular weight is 289 g/mol. The highest BCUT2D eigenvalue weighted by Gasteiger charge is 2.24. The van der Waals surface area contributed by atoms with Crippen molar-refractivity contribution in [1.82, 2.24) is 9.88 Å². The quantitative estimate of drug-likeness (QED) is 0.714. The zero-order valence-electron chi connectivity index (χ0n) is 12.6. The third-order valence-corrected chi connectivity index (χ3v) is 3.92. The fourth-order valence-electron chi connectivity index (χ4n) is 2.76. The van der Waals surface area contributed by atoms with Gasteiger partial charge in [0.2, 0.25) is 0 Å². The van der Waals surface area contributed by atoms with Crippen LogP contribution in [0.15, 0.2) is 24.4 Å². The second kappa shape index (κ2) is 6.63. The molecule has 1 heterocycles. The number of rotatable bonds is 6. The third-order valence-electron chi connectivity index (χ3n) is 3.92. The molecule has 0 radical (unpaired) electrons. The van der Waals surface area contributed by atoms with E-state index in [9.17, 15) is 9.90 Å². The molecule has 2 rings (SSSR count). The second-order valence-electron chi connectivity index (χ2n) is 5.20. The highest BCUT2D eigenvalue weighted by molar-refractivity contribution is 6.07. The van der Waals surface area contributed by atoms with Gasteiger partial charge in [-0.15, -0.1) is 0 Å². The molecule has 5 nitrogen and oxygen atoms in total. The Morgan fingerprint density at radius 1 is 1.38 bits per heavy atom. The van der Waals surface area contributed by atoms with Crippen molar-refractivity contribution < 1.29 is 9.90 Å². The predicted molar refractivity (Wildman–Crippen MR) is 85.2 cm³/mol. The average Bonchev–Trinajstić information content (AvgIpc) is 2.89. The number of hydrogen-bond acceptors (Lipinski definition) is 3. The van der Waals surface area contributed by atoms with Gasteiger partial charge in [-0.1, -0.05) is 13.8 Å². The van der Waals surface area contributed by atoms with Gasteiger partial charge in [0.05, 0.1) is 12.2 Å². The molecule has 0 fully saturated rings. The molecule has 0 aliphatic rings. The van der Waals surface area contributed by atoms with Crippen molar-refractivity contribution in [1.29, 1.82) is 0 Å². The lowest BCUT2D eigenvalue weighted by atomic mass is 10.1. The van der Waals surface area contributed by atoms with Crippen LogP contribution in [0.5, 0.6) is 0 Å². The summed E-state index contributed by atoms with van der Waals surface area (Å²) in [5.41, 5.74) is 7.95. The Balaban J connectivity index is 2.40. The first kappa shape index (κ1) is 15.4. The van der Waals surface area contributed by atoms with Gasteiger partial charge >= 0.3 is 0 Å². The van der Waals surface area contributed by atoms with Gasteiger partial charge in [-0.25, -0.2) is 0 Å². The van der Waals surface area contributed by atoms with Gasteiger partial charge < -0.3 is 20.7 Å². The van der Waals surface area contributed by atoms with Gasteiger partial charge in [0.1, 0.15) is 0 Å². The summed E-state index contributed by atoms with van der Waals surface area (Å²) in [6.07, 6.45) is 3.46. The molecule has 1 aromatic heterocycles. The standard InChI is InChI=1S/C16H23N3O2/c1-3-12(4-2)19(7-8-20)16(21)14-10-18-15-6-5-11(17)9-13(14)15/h5-6,9-10,12,18,20H,3-4,7-8,17H2,1-2H3. The van der Waals surface area contributed by atoms with Crippen molar-refractivity contribution in [2.24, 2.45) is 0 Å². The minimum atomic E-state index is -0.0606. The maximum Gasteiger partial charge on any atom is 0.256 e. The first-order valence-corrected chi connectivity index (χ1v) is 7.40. The second-order valence-corrected chi connectivity index (χ2v) is 5.20. The van der Waals surface area contributed by atoms with E-state index in [4.69, 9.17) is 5.73 Å². The Bertz CT molecular complexity index is 617. The summed E-state index contributed by atoms with van der Waals surface area (Å²) >= 11 is 0.